The molecule has 3 aromatic rings. The number of nitrogens with zero attached hydrogens (tertiary/aromatic N) is 3. The van der Waals surface area contributed by atoms with Crippen molar-refractivity contribution in [2.75, 3.05) is 23.5 Å². The van der Waals surface area contributed by atoms with Crippen molar-refractivity contribution in [2.24, 2.45) is 4.99 Å². The van der Waals surface area contributed by atoms with Crippen molar-refractivity contribution >= 4 is 40.2 Å². The lowest BCUT2D eigenvalue weighted by atomic mass is 10.1. The predicted molar refractivity (Wildman–Crippen MR) is 121 cm³/mol. The van der Waals surface area contributed by atoms with Crippen LogP contribution < -0.4 is 25.1 Å². The van der Waals surface area contributed by atoms with E-state index in [0.29, 0.717) is 46.1 Å². The van der Waals surface area contributed by atoms with E-state index in [4.69, 9.17) is 4.74 Å². The van der Waals surface area contributed by atoms with Crippen LogP contribution in [0.2, 0.25) is 0 Å². The van der Waals surface area contributed by atoms with Crippen molar-refractivity contribution in [3.8, 4) is 0 Å². The molecule has 0 spiro atoms. The smallest absolute Gasteiger partial charge is 0.338 e. The fourth-order valence-corrected chi connectivity index (χ4v) is 4.91. The van der Waals surface area contributed by atoms with Crippen LogP contribution in [0, 0.1) is 6.92 Å². The van der Waals surface area contributed by atoms with E-state index in [1.807, 2.05) is 42.2 Å². The lowest BCUT2D eigenvalue weighted by Gasteiger charge is -2.25. The molecule has 5 rings (SSSR count). The maximum absolute atomic E-state index is 13.3. The number of benzene rings is 2. The van der Waals surface area contributed by atoms with Crippen LogP contribution >= 0.6 is 11.3 Å². The highest BCUT2D eigenvalue weighted by molar-refractivity contribution is 7.07. The molecule has 0 saturated carbocycles. The van der Waals surface area contributed by atoms with E-state index in [1.54, 1.807) is 23.6 Å². The number of carbonyl (C=O) groups excluding carboxylic acids is 2. The first-order valence-corrected chi connectivity index (χ1v) is 11.0. The highest BCUT2D eigenvalue weighted by atomic mass is 32.1. The van der Waals surface area contributed by atoms with E-state index < -0.39 is 0 Å². The molecule has 1 amide bonds. The Morgan fingerprint density at radius 3 is 2.72 bits per heavy atom. The van der Waals surface area contributed by atoms with Gasteiger partial charge in [-0.3, -0.25) is 14.2 Å². The minimum atomic E-state index is -0.370. The van der Waals surface area contributed by atoms with Crippen molar-refractivity contribution in [2.45, 2.75) is 20.5 Å². The number of amides is 1. The van der Waals surface area contributed by atoms with Crippen molar-refractivity contribution in [3.63, 3.8) is 0 Å². The van der Waals surface area contributed by atoms with E-state index in [-0.39, 0.29) is 17.4 Å². The van der Waals surface area contributed by atoms with Gasteiger partial charge in [-0.05, 0) is 50.2 Å². The highest BCUT2D eigenvalue weighted by Crippen LogP contribution is 2.30. The summed E-state index contributed by atoms with van der Waals surface area (Å²) in [4.78, 5) is 44.9. The quantitative estimate of drug-likeness (QED) is 0.615. The molecule has 0 radical (unpaired) electrons. The molecule has 0 saturated heterocycles. The lowest BCUT2D eigenvalue weighted by Crippen LogP contribution is -2.43. The number of rotatable bonds is 3. The molecule has 8 nitrogen and oxygen atoms in total. The van der Waals surface area contributed by atoms with Gasteiger partial charge in [0, 0.05) is 16.9 Å². The summed E-state index contributed by atoms with van der Waals surface area (Å²) in [5, 5.41) is 2.84. The third-order valence-corrected chi connectivity index (χ3v) is 6.56. The number of carbonyl (C=O) groups is 2. The van der Waals surface area contributed by atoms with Gasteiger partial charge in [-0.1, -0.05) is 23.0 Å². The first-order valence-electron chi connectivity index (χ1n) is 10.2. The molecule has 3 heterocycles. The van der Waals surface area contributed by atoms with Crippen LogP contribution in [0.15, 0.2) is 52.3 Å². The van der Waals surface area contributed by atoms with Crippen LogP contribution in [0.25, 0.3) is 5.57 Å². The van der Waals surface area contributed by atoms with Crippen LogP contribution in [-0.2, 0) is 16.2 Å². The van der Waals surface area contributed by atoms with E-state index in [1.165, 1.54) is 11.3 Å². The van der Waals surface area contributed by atoms with Crippen molar-refractivity contribution in [1.82, 2.24) is 4.57 Å². The summed E-state index contributed by atoms with van der Waals surface area (Å²) in [6.07, 6.45) is 0. The molecule has 9 heteroatoms. The maximum Gasteiger partial charge on any atom is 0.338 e. The summed E-state index contributed by atoms with van der Waals surface area (Å²) in [5.74, 6) is -0.640. The summed E-state index contributed by atoms with van der Waals surface area (Å²) >= 11 is 1.24. The SMILES string of the molecule is CCOC(=O)c1ccc(N2CN=c3s/c(=C4\C(=O)Nc5ccc(C)cc54)c(=O)n3C2)cc1. The molecule has 0 bridgehead atoms. The summed E-state index contributed by atoms with van der Waals surface area (Å²) in [5.41, 5.74) is 3.95. The third kappa shape index (κ3) is 3.31. The molecule has 2 aliphatic rings. The molecule has 1 N–H and O–H groups in total. The Kier molecular flexibility index (Phi) is 4.90. The number of aryl methyl sites for hydroxylation is 1. The average Bonchev–Trinajstić information content (AvgIpc) is 3.29. The van der Waals surface area contributed by atoms with Gasteiger partial charge >= 0.3 is 5.97 Å². The van der Waals surface area contributed by atoms with Crippen molar-refractivity contribution in [1.29, 1.82) is 0 Å². The molecular weight excluding hydrogens is 428 g/mol. The second kappa shape index (κ2) is 7.76. The van der Waals surface area contributed by atoms with Crippen LogP contribution in [-0.4, -0.2) is 29.7 Å². The van der Waals surface area contributed by atoms with Gasteiger partial charge in [0.2, 0.25) is 0 Å². The maximum atomic E-state index is 13.3. The van der Waals surface area contributed by atoms with Gasteiger partial charge in [-0.15, -0.1) is 0 Å². The van der Waals surface area contributed by atoms with Gasteiger partial charge < -0.3 is 15.0 Å². The zero-order valence-corrected chi connectivity index (χ0v) is 18.4. The topological polar surface area (TPSA) is 93.0 Å². The van der Waals surface area contributed by atoms with Crippen LogP contribution in [0.1, 0.15) is 28.4 Å². The van der Waals surface area contributed by atoms with Gasteiger partial charge in [-0.25, -0.2) is 9.79 Å². The fraction of sp³-hybridized carbons (Fsp3) is 0.217. The van der Waals surface area contributed by atoms with Crippen LogP contribution in [0.4, 0.5) is 11.4 Å². The molecule has 162 valence electrons. The minimum absolute atomic E-state index is 0.235. The second-order valence-electron chi connectivity index (χ2n) is 7.57. The zero-order chi connectivity index (χ0) is 22.4. The van der Waals surface area contributed by atoms with Gasteiger partial charge in [0.1, 0.15) is 17.9 Å². The Morgan fingerprint density at radius 2 is 1.97 bits per heavy atom. The number of hydrogen-bond donors (Lipinski definition) is 1. The molecule has 0 fully saturated rings. The standard InChI is InChI=1S/C23H20N4O4S/c1-3-31-22(30)14-5-7-15(8-6-14)26-11-24-23-27(12-26)21(29)19(32-23)18-16-10-13(2)4-9-17(16)25-20(18)28/h4-10H,3,11-12H2,1-2H3,(H,25,28)/b19-18-. The molecule has 1 aromatic heterocycles. The summed E-state index contributed by atoms with van der Waals surface area (Å²) in [7, 11) is 0. The van der Waals surface area contributed by atoms with Crippen LogP contribution in [0.5, 0.6) is 0 Å². The number of anilines is 2. The number of esters is 1. The van der Waals surface area contributed by atoms with Gasteiger partial charge in [-0.2, -0.15) is 0 Å². The van der Waals surface area contributed by atoms with Crippen molar-refractivity contribution < 1.29 is 14.3 Å². The monoisotopic (exact) mass is 448 g/mol. The fourth-order valence-electron chi connectivity index (χ4n) is 3.85. The Morgan fingerprint density at radius 1 is 1.19 bits per heavy atom. The molecule has 0 aliphatic carbocycles. The number of ether oxygens (including phenoxy) is 1. The minimum Gasteiger partial charge on any atom is -0.462 e. The van der Waals surface area contributed by atoms with E-state index in [2.05, 4.69) is 10.3 Å². The van der Waals surface area contributed by atoms with Gasteiger partial charge in [0.15, 0.2) is 4.80 Å². The number of nitrogens with one attached hydrogen (secondary N) is 1. The predicted octanol–water partition coefficient (Wildman–Crippen LogP) is 1.60. The average molecular weight is 449 g/mol. The summed E-state index contributed by atoms with van der Waals surface area (Å²) < 4.78 is 6.99. The lowest BCUT2D eigenvalue weighted by molar-refractivity contribution is -0.110. The Hall–Kier alpha value is -3.72. The molecular formula is C23H20N4O4S. The number of hydrogen-bond acceptors (Lipinski definition) is 7. The molecule has 0 unspecified atom stereocenters. The number of aromatic nitrogens is 1. The molecule has 0 atom stereocenters. The molecule has 2 aromatic carbocycles. The summed E-state index contributed by atoms with van der Waals surface area (Å²) in [6.45, 7) is 4.71. The van der Waals surface area contributed by atoms with Crippen LogP contribution in [0.3, 0.4) is 0 Å². The van der Waals surface area contributed by atoms with Gasteiger partial charge in [0.25, 0.3) is 11.5 Å². The highest BCUT2D eigenvalue weighted by Gasteiger charge is 2.28. The first kappa shape index (κ1) is 20.2. The largest absolute Gasteiger partial charge is 0.462 e. The number of fused-ring (bicyclic) bond motifs is 2. The van der Waals surface area contributed by atoms with Gasteiger partial charge in [0.05, 0.1) is 17.7 Å². The summed E-state index contributed by atoms with van der Waals surface area (Å²) in [6, 6.07) is 12.7. The zero-order valence-electron chi connectivity index (χ0n) is 17.5. The molecule has 2 aliphatic heterocycles. The molecule has 32 heavy (non-hydrogen) atoms. The Balaban J connectivity index is 1.51. The van der Waals surface area contributed by atoms with E-state index >= 15 is 0 Å². The second-order valence-corrected chi connectivity index (χ2v) is 8.55. The van der Waals surface area contributed by atoms with Crippen molar-refractivity contribution in [3.05, 3.63) is 78.8 Å². The van der Waals surface area contributed by atoms with E-state index in [0.717, 1.165) is 16.8 Å². The first-order chi connectivity index (χ1) is 15.5. The van der Waals surface area contributed by atoms with E-state index in [9.17, 15) is 14.4 Å². The normalized spacial score (nSPS) is 16.2. The Labute approximate surface area is 187 Å². The number of thiazole rings is 1. The third-order valence-electron chi connectivity index (χ3n) is 5.44. The Bertz CT molecular complexity index is 1440.